The lowest BCUT2D eigenvalue weighted by Gasteiger charge is -2.20. The van der Waals surface area contributed by atoms with Gasteiger partial charge in [0.2, 0.25) is 0 Å². The molecule has 1 atom stereocenters. The van der Waals surface area contributed by atoms with Gasteiger partial charge >= 0.3 is 0 Å². The third-order valence-electron chi connectivity index (χ3n) is 3.21. The molecule has 0 aliphatic carbocycles. The molecule has 0 heterocycles. The van der Waals surface area contributed by atoms with E-state index in [0.29, 0.717) is 6.42 Å². The number of nitrogens with one attached hydrogen (secondary N) is 1. The predicted molar refractivity (Wildman–Crippen MR) is 88.6 cm³/mol. The Bertz CT molecular complexity index is 637. The summed E-state index contributed by atoms with van der Waals surface area (Å²) in [5.74, 6) is 6.15. The van der Waals surface area contributed by atoms with Crippen molar-refractivity contribution >= 4 is 31.9 Å². The van der Waals surface area contributed by atoms with E-state index in [2.05, 4.69) is 37.3 Å². The minimum absolute atomic E-state index is 0.144. The zero-order valence-electron chi connectivity index (χ0n) is 11.4. The van der Waals surface area contributed by atoms with Gasteiger partial charge in [-0.1, -0.05) is 44.0 Å². The lowest BCUT2D eigenvalue weighted by Crippen LogP contribution is -2.30. The molecule has 0 bridgehead atoms. The second kappa shape index (κ2) is 7.35. The molecule has 0 fully saturated rings. The first-order chi connectivity index (χ1) is 10.0. The number of benzene rings is 2. The van der Waals surface area contributed by atoms with Crippen LogP contribution in [0.15, 0.2) is 45.3 Å². The van der Waals surface area contributed by atoms with Crippen molar-refractivity contribution in [3.63, 3.8) is 0 Å². The molecule has 0 radical (unpaired) electrons. The molecular formula is C15H15Br2FN2O. The number of nitrogens with two attached hydrogens (primary N) is 1. The Morgan fingerprint density at radius 2 is 2.00 bits per heavy atom. The van der Waals surface area contributed by atoms with Crippen LogP contribution in [0.3, 0.4) is 0 Å². The van der Waals surface area contributed by atoms with Crippen molar-refractivity contribution in [3.8, 4) is 5.75 Å². The summed E-state index contributed by atoms with van der Waals surface area (Å²) in [5.41, 5.74) is 4.70. The van der Waals surface area contributed by atoms with E-state index < -0.39 is 0 Å². The number of hydrogen-bond acceptors (Lipinski definition) is 3. The molecule has 0 saturated carbocycles. The quantitative estimate of drug-likeness (QED) is 0.568. The van der Waals surface area contributed by atoms with Crippen molar-refractivity contribution < 1.29 is 9.13 Å². The highest BCUT2D eigenvalue weighted by molar-refractivity contribution is 9.10. The lowest BCUT2D eigenvalue weighted by atomic mass is 9.98. The number of hydrazine groups is 1. The topological polar surface area (TPSA) is 47.3 Å². The Balaban J connectivity index is 2.32. The van der Waals surface area contributed by atoms with Gasteiger partial charge in [0.15, 0.2) is 0 Å². The Morgan fingerprint density at radius 1 is 1.24 bits per heavy atom. The average Bonchev–Trinajstić information content (AvgIpc) is 2.47. The van der Waals surface area contributed by atoms with Crippen LogP contribution in [0.4, 0.5) is 4.39 Å². The van der Waals surface area contributed by atoms with Crippen LogP contribution in [-0.2, 0) is 6.42 Å². The fourth-order valence-electron chi connectivity index (χ4n) is 2.14. The number of rotatable bonds is 5. The summed E-state index contributed by atoms with van der Waals surface area (Å²) >= 11 is 6.79. The van der Waals surface area contributed by atoms with E-state index in [-0.39, 0.29) is 11.9 Å². The van der Waals surface area contributed by atoms with Crippen molar-refractivity contribution in [3.05, 3.63) is 62.3 Å². The van der Waals surface area contributed by atoms with Crippen molar-refractivity contribution in [1.82, 2.24) is 5.43 Å². The van der Waals surface area contributed by atoms with E-state index in [4.69, 9.17) is 10.6 Å². The van der Waals surface area contributed by atoms with Crippen molar-refractivity contribution in [2.45, 2.75) is 12.5 Å². The summed E-state index contributed by atoms with van der Waals surface area (Å²) in [6.45, 7) is 0. The van der Waals surface area contributed by atoms with Gasteiger partial charge in [0.1, 0.15) is 11.6 Å². The highest BCUT2D eigenvalue weighted by atomic mass is 79.9. The number of hydrogen-bond donors (Lipinski definition) is 2. The first kappa shape index (κ1) is 16.4. The molecule has 3 N–H and O–H groups in total. The molecule has 2 aromatic carbocycles. The highest BCUT2D eigenvalue weighted by Gasteiger charge is 2.17. The Labute approximate surface area is 139 Å². The van der Waals surface area contributed by atoms with Gasteiger partial charge in [-0.2, -0.15) is 0 Å². The highest BCUT2D eigenvalue weighted by Crippen LogP contribution is 2.31. The van der Waals surface area contributed by atoms with E-state index in [1.807, 2.05) is 18.2 Å². The minimum atomic E-state index is -0.274. The monoisotopic (exact) mass is 416 g/mol. The van der Waals surface area contributed by atoms with Gasteiger partial charge in [0.25, 0.3) is 0 Å². The number of methoxy groups -OCH3 is 1. The number of ether oxygens (including phenoxy) is 1. The fourth-order valence-corrected chi connectivity index (χ4v) is 2.99. The maximum absolute atomic E-state index is 13.2. The van der Waals surface area contributed by atoms with Crippen molar-refractivity contribution in [2.75, 3.05) is 7.11 Å². The maximum Gasteiger partial charge on any atom is 0.124 e. The Hall–Kier alpha value is -0.950. The molecule has 2 aromatic rings. The molecule has 0 aromatic heterocycles. The molecule has 0 amide bonds. The van der Waals surface area contributed by atoms with E-state index >= 15 is 0 Å². The van der Waals surface area contributed by atoms with Gasteiger partial charge in [-0.3, -0.25) is 11.3 Å². The molecule has 0 spiro atoms. The number of halogens is 3. The molecule has 2 rings (SSSR count). The SMILES string of the molecule is COc1cc(Br)ccc1C(Cc1ccc(F)cc1Br)NN. The maximum atomic E-state index is 13.2. The zero-order valence-corrected chi connectivity index (χ0v) is 14.5. The van der Waals surface area contributed by atoms with Crippen LogP contribution in [0.1, 0.15) is 17.2 Å². The molecule has 0 aliphatic rings. The molecule has 21 heavy (non-hydrogen) atoms. The fraction of sp³-hybridized carbons (Fsp3) is 0.200. The van der Waals surface area contributed by atoms with Crippen LogP contribution in [0.2, 0.25) is 0 Å². The van der Waals surface area contributed by atoms with Crippen LogP contribution < -0.4 is 16.0 Å². The molecular weight excluding hydrogens is 403 g/mol. The van der Waals surface area contributed by atoms with Crippen molar-refractivity contribution in [2.24, 2.45) is 5.84 Å². The Kier molecular flexibility index (Phi) is 5.75. The normalized spacial score (nSPS) is 12.2. The third-order valence-corrected chi connectivity index (χ3v) is 4.44. The second-order valence-electron chi connectivity index (χ2n) is 4.55. The summed E-state index contributed by atoms with van der Waals surface area (Å²) in [5, 5.41) is 0. The molecule has 1 unspecified atom stereocenters. The summed E-state index contributed by atoms with van der Waals surface area (Å²) < 4.78 is 20.2. The smallest absolute Gasteiger partial charge is 0.124 e. The summed E-state index contributed by atoms with van der Waals surface area (Å²) in [4.78, 5) is 0. The molecule has 0 saturated heterocycles. The van der Waals surface area contributed by atoms with Gasteiger partial charge in [0, 0.05) is 14.5 Å². The standard InChI is InChI=1S/C15H15Br2FN2O/c1-21-15-7-10(16)3-5-12(15)14(20-19)6-9-2-4-11(18)8-13(9)17/h2-5,7-8,14,20H,6,19H2,1H3. The molecule has 3 nitrogen and oxygen atoms in total. The van der Waals surface area contributed by atoms with E-state index in [0.717, 1.165) is 25.8 Å². The van der Waals surface area contributed by atoms with Gasteiger partial charge in [0.05, 0.1) is 13.2 Å². The van der Waals surface area contributed by atoms with Gasteiger partial charge in [-0.15, -0.1) is 0 Å². The van der Waals surface area contributed by atoms with Crippen molar-refractivity contribution in [1.29, 1.82) is 0 Å². The van der Waals surface area contributed by atoms with E-state index in [1.54, 1.807) is 13.2 Å². The van der Waals surface area contributed by atoms with E-state index in [1.165, 1.54) is 12.1 Å². The zero-order chi connectivity index (χ0) is 15.4. The van der Waals surface area contributed by atoms with Crippen LogP contribution in [0.25, 0.3) is 0 Å². The third kappa shape index (κ3) is 4.03. The summed E-state index contributed by atoms with van der Waals surface area (Å²) in [6, 6.07) is 10.3. The average molecular weight is 418 g/mol. The van der Waals surface area contributed by atoms with Crippen LogP contribution >= 0.6 is 31.9 Å². The Morgan fingerprint density at radius 3 is 2.62 bits per heavy atom. The molecule has 112 valence electrons. The lowest BCUT2D eigenvalue weighted by molar-refractivity contribution is 0.398. The first-order valence-electron chi connectivity index (χ1n) is 6.28. The largest absolute Gasteiger partial charge is 0.496 e. The summed E-state index contributed by atoms with van der Waals surface area (Å²) in [7, 11) is 1.62. The van der Waals surface area contributed by atoms with Crippen LogP contribution in [0, 0.1) is 5.82 Å². The first-order valence-corrected chi connectivity index (χ1v) is 7.87. The van der Waals surface area contributed by atoms with E-state index in [9.17, 15) is 4.39 Å². The van der Waals surface area contributed by atoms with Gasteiger partial charge in [-0.25, -0.2) is 4.39 Å². The predicted octanol–water partition coefficient (Wildman–Crippen LogP) is 4.11. The van der Waals surface area contributed by atoms with Gasteiger partial charge in [-0.05, 0) is 36.2 Å². The van der Waals surface area contributed by atoms with Gasteiger partial charge < -0.3 is 4.74 Å². The van der Waals surface area contributed by atoms with Crippen LogP contribution in [-0.4, -0.2) is 7.11 Å². The second-order valence-corrected chi connectivity index (χ2v) is 6.32. The summed E-state index contributed by atoms with van der Waals surface area (Å²) in [6.07, 6.45) is 0.607. The molecule has 0 aliphatic heterocycles. The molecule has 6 heteroatoms. The minimum Gasteiger partial charge on any atom is -0.496 e. The van der Waals surface area contributed by atoms with Crippen LogP contribution in [0.5, 0.6) is 5.75 Å².